The predicted octanol–water partition coefficient (Wildman–Crippen LogP) is 7.63. The zero-order valence-electron chi connectivity index (χ0n) is 20.5. The number of rotatable bonds is 4. The number of fused-ring (bicyclic) bond motifs is 6. The summed E-state index contributed by atoms with van der Waals surface area (Å²) in [5.41, 5.74) is 7.01. The molecule has 2 heterocycles. The third kappa shape index (κ3) is 3.26. The van der Waals surface area contributed by atoms with Gasteiger partial charge in [-0.1, -0.05) is 72.8 Å². The number of benzene rings is 5. The van der Waals surface area contributed by atoms with Crippen molar-refractivity contribution in [1.82, 2.24) is 14.5 Å². The molecule has 1 amide bonds. The monoisotopic (exact) mass is 479 g/mol. The normalized spacial score (nSPS) is 11.6. The van der Waals surface area contributed by atoms with Gasteiger partial charge in [-0.15, -0.1) is 0 Å². The van der Waals surface area contributed by atoms with E-state index in [-0.39, 0.29) is 5.91 Å². The highest BCUT2D eigenvalue weighted by atomic mass is 16.1. The summed E-state index contributed by atoms with van der Waals surface area (Å²) in [6.07, 6.45) is 0. The van der Waals surface area contributed by atoms with Crippen LogP contribution in [0.3, 0.4) is 0 Å². The van der Waals surface area contributed by atoms with Crippen molar-refractivity contribution >= 4 is 49.5 Å². The van der Waals surface area contributed by atoms with Crippen molar-refractivity contribution < 1.29 is 4.79 Å². The first-order valence-corrected chi connectivity index (χ1v) is 12.6. The molecule has 0 bridgehead atoms. The molecule has 1 N–H and O–H groups in total. The molecule has 4 heteroatoms. The summed E-state index contributed by atoms with van der Waals surface area (Å²) in [6.45, 7) is 2.52. The Labute approximate surface area is 214 Å². The SMILES string of the molecule is CCNC(=O)c1cc(-n2c3ccccc3c3ccccc32)cc(-n2c3ccccc3c3ccccc32)c1. The van der Waals surface area contributed by atoms with Crippen LogP contribution in [-0.4, -0.2) is 21.6 Å². The minimum Gasteiger partial charge on any atom is -0.352 e. The van der Waals surface area contributed by atoms with Gasteiger partial charge >= 0.3 is 0 Å². The topological polar surface area (TPSA) is 39.0 Å². The Morgan fingerprint density at radius 1 is 0.568 bits per heavy atom. The van der Waals surface area contributed by atoms with E-state index in [1.807, 2.05) is 19.1 Å². The molecule has 5 aromatic carbocycles. The molecule has 2 aromatic heterocycles. The van der Waals surface area contributed by atoms with Crippen LogP contribution < -0.4 is 5.32 Å². The molecule has 37 heavy (non-hydrogen) atoms. The number of carbonyl (C=O) groups excluding carboxylic acids is 1. The second-order valence-corrected chi connectivity index (χ2v) is 9.34. The molecule has 0 saturated heterocycles. The Kier molecular flexibility index (Phi) is 4.86. The van der Waals surface area contributed by atoms with E-state index in [0.29, 0.717) is 12.1 Å². The number of carbonyl (C=O) groups is 1. The fraction of sp³-hybridized carbons (Fsp3) is 0.0606. The predicted molar refractivity (Wildman–Crippen MR) is 153 cm³/mol. The highest BCUT2D eigenvalue weighted by Gasteiger charge is 2.18. The molecule has 0 aliphatic heterocycles. The maximum atomic E-state index is 13.2. The maximum absolute atomic E-state index is 13.2. The number of hydrogen-bond acceptors (Lipinski definition) is 1. The van der Waals surface area contributed by atoms with E-state index in [0.717, 1.165) is 33.4 Å². The number of nitrogens with zero attached hydrogens (tertiary/aromatic N) is 2. The Morgan fingerprint density at radius 2 is 0.919 bits per heavy atom. The van der Waals surface area contributed by atoms with Gasteiger partial charge < -0.3 is 14.5 Å². The molecule has 0 spiro atoms. The van der Waals surface area contributed by atoms with Gasteiger partial charge in [0.15, 0.2) is 0 Å². The van der Waals surface area contributed by atoms with Gasteiger partial charge in [0.05, 0.1) is 22.1 Å². The molecular weight excluding hydrogens is 454 g/mol. The van der Waals surface area contributed by atoms with Crippen LogP contribution in [0.5, 0.6) is 0 Å². The van der Waals surface area contributed by atoms with Crippen LogP contribution in [0.4, 0.5) is 0 Å². The van der Waals surface area contributed by atoms with Crippen LogP contribution in [-0.2, 0) is 0 Å². The average Bonchev–Trinajstić information content (AvgIpc) is 3.46. The first-order chi connectivity index (χ1) is 18.2. The summed E-state index contributed by atoms with van der Waals surface area (Å²) in [5.74, 6) is -0.0767. The standard InChI is InChI=1S/C33H25N3O/c1-2-34-33(37)22-19-23(35-29-15-7-3-11-25(29)26-12-4-8-16-30(26)35)21-24(20-22)36-31-17-9-5-13-27(31)28-14-6-10-18-32(28)36/h3-21H,2H2,1H3,(H,34,37). The van der Waals surface area contributed by atoms with Crippen LogP contribution in [0.15, 0.2) is 115 Å². The number of nitrogens with one attached hydrogen (secondary N) is 1. The Hall–Kier alpha value is -4.83. The van der Waals surface area contributed by atoms with Crippen LogP contribution in [0.25, 0.3) is 55.0 Å². The zero-order chi connectivity index (χ0) is 24.9. The minimum atomic E-state index is -0.0767. The van der Waals surface area contributed by atoms with Gasteiger partial charge in [0.1, 0.15) is 0 Å². The van der Waals surface area contributed by atoms with E-state index in [4.69, 9.17) is 0 Å². The molecule has 0 aliphatic carbocycles. The second kappa shape index (κ2) is 8.38. The van der Waals surface area contributed by atoms with Crippen molar-refractivity contribution in [2.24, 2.45) is 0 Å². The van der Waals surface area contributed by atoms with Crippen molar-refractivity contribution in [2.45, 2.75) is 6.92 Å². The van der Waals surface area contributed by atoms with Crippen LogP contribution in [0.2, 0.25) is 0 Å². The van der Waals surface area contributed by atoms with Crippen molar-refractivity contribution in [3.8, 4) is 11.4 Å². The number of hydrogen-bond donors (Lipinski definition) is 1. The second-order valence-electron chi connectivity index (χ2n) is 9.34. The van der Waals surface area contributed by atoms with Gasteiger partial charge in [-0.3, -0.25) is 4.79 Å². The van der Waals surface area contributed by atoms with Crippen molar-refractivity contribution in [2.75, 3.05) is 6.54 Å². The van der Waals surface area contributed by atoms with Crippen molar-refractivity contribution in [1.29, 1.82) is 0 Å². The third-order valence-corrected chi connectivity index (χ3v) is 7.18. The molecule has 4 nitrogen and oxygen atoms in total. The van der Waals surface area contributed by atoms with Crippen LogP contribution in [0.1, 0.15) is 17.3 Å². The van der Waals surface area contributed by atoms with Gasteiger partial charge in [-0.2, -0.15) is 0 Å². The number of aromatic nitrogens is 2. The average molecular weight is 480 g/mol. The zero-order valence-corrected chi connectivity index (χ0v) is 20.5. The van der Waals surface area contributed by atoms with E-state index in [1.165, 1.54) is 21.5 Å². The molecule has 0 unspecified atom stereocenters. The lowest BCUT2D eigenvalue weighted by atomic mass is 10.1. The van der Waals surface area contributed by atoms with E-state index < -0.39 is 0 Å². The van der Waals surface area contributed by atoms with Crippen LogP contribution >= 0.6 is 0 Å². The van der Waals surface area contributed by atoms with Crippen molar-refractivity contribution in [3.63, 3.8) is 0 Å². The van der Waals surface area contributed by atoms with E-state index >= 15 is 0 Å². The molecule has 0 fully saturated rings. The van der Waals surface area contributed by atoms with Crippen LogP contribution in [0, 0.1) is 0 Å². The van der Waals surface area contributed by atoms with Gasteiger partial charge in [0.2, 0.25) is 0 Å². The van der Waals surface area contributed by atoms with Gasteiger partial charge in [0.25, 0.3) is 5.91 Å². The van der Waals surface area contributed by atoms with E-state index in [9.17, 15) is 4.79 Å². The van der Waals surface area contributed by atoms with Crippen molar-refractivity contribution in [3.05, 3.63) is 121 Å². The molecule has 178 valence electrons. The van der Waals surface area contributed by atoms with E-state index in [2.05, 4.69) is 118 Å². The Morgan fingerprint density at radius 3 is 1.27 bits per heavy atom. The summed E-state index contributed by atoms with van der Waals surface area (Å²) in [5, 5.41) is 7.78. The smallest absolute Gasteiger partial charge is 0.251 e. The lowest BCUT2D eigenvalue weighted by Crippen LogP contribution is -2.23. The summed E-state index contributed by atoms with van der Waals surface area (Å²) in [4.78, 5) is 13.2. The summed E-state index contributed by atoms with van der Waals surface area (Å²) >= 11 is 0. The number of amides is 1. The highest BCUT2D eigenvalue weighted by Crippen LogP contribution is 2.35. The lowest BCUT2D eigenvalue weighted by Gasteiger charge is -2.15. The Bertz CT molecular complexity index is 1740. The first kappa shape index (κ1) is 21.5. The highest BCUT2D eigenvalue weighted by molar-refractivity contribution is 6.11. The fourth-order valence-corrected chi connectivity index (χ4v) is 5.65. The van der Waals surface area contributed by atoms with Gasteiger partial charge in [-0.25, -0.2) is 0 Å². The molecule has 0 radical (unpaired) electrons. The molecule has 0 aliphatic rings. The summed E-state index contributed by atoms with van der Waals surface area (Å²) < 4.78 is 4.54. The minimum absolute atomic E-state index is 0.0767. The quantitative estimate of drug-likeness (QED) is 0.277. The molecule has 0 atom stereocenters. The van der Waals surface area contributed by atoms with E-state index in [1.54, 1.807) is 0 Å². The molecule has 0 saturated carbocycles. The third-order valence-electron chi connectivity index (χ3n) is 7.18. The molecule has 7 rings (SSSR count). The fourth-order valence-electron chi connectivity index (χ4n) is 5.65. The summed E-state index contributed by atoms with van der Waals surface area (Å²) in [6, 6.07) is 40.0. The lowest BCUT2D eigenvalue weighted by molar-refractivity contribution is 0.0955. The molecule has 7 aromatic rings. The first-order valence-electron chi connectivity index (χ1n) is 12.6. The number of para-hydroxylation sites is 4. The van der Waals surface area contributed by atoms with Gasteiger partial charge in [-0.05, 0) is 49.4 Å². The Balaban J connectivity index is 1.59. The summed E-state index contributed by atoms with van der Waals surface area (Å²) in [7, 11) is 0. The largest absolute Gasteiger partial charge is 0.352 e. The van der Waals surface area contributed by atoms with Gasteiger partial charge in [0, 0.05) is 45.0 Å². The maximum Gasteiger partial charge on any atom is 0.251 e. The molecular formula is C33H25N3O.